The summed E-state index contributed by atoms with van der Waals surface area (Å²) in [7, 11) is 0. The molecule has 0 aliphatic rings. The predicted octanol–water partition coefficient (Wildman–Crippen LogP) is 3.68. The van der Waals surface area contributed by atoms with E-state index in [1.54, 1.807) is 24.3 Å². The molecule has 26 heavy (non-hydrogen) atoms. The van der Waals surface area contributed by atoms with Crippen LogP contribution in [0.2, 0.25) is 0 Å². The number of anilines is 1. The van der Waals surface area contributed by atoms with Gasteiger partial charge in [-0.2, -0.15) is 0 Å². The zero-order valence-corrected chi connectivity index (χ0v) is 15.1. The van der Waals surface area contributed by atoms with Crippen molar-refractivity contribution in [1.29, 1.82) is 0 Å². The number of aromatic carboxylic acids is 1. The molecule has 0 saturated carbocycles. The molecule has 6 nitrogen and oxygen atoms in total. The number of benzene rings is 2. The highest BCUT2D eigenvalue weighted by Gasteiger charge is 2.15. The summed E-state index contributed by atoms with van der Waals surface area (Å²) in [6.07, 6.45) is 0. The van der Waals surface area contributed by atoms with Crippen LogP contribution >= 0.6 is 11.8 Å². The van der Waals surface area contributed by atoms with Crippen molar-refractivity contribution in [3.05, 3.63) is 59.3 Å². The second-order valence-corrected chi connectivity index (χ2v) is 6.77. The first-order valence-electron chi connectivity index (χ1n) is 7.94. The third-order valence-corrected chi connectivity index (χ3v) is 4.62. The molecule has 0 atom stereocenters. The molecule has 7 heteroatoms. The van der Waals surface area contributed by atoms with Crippen molar-refractivity contribution < 1.29 is 14.7 Å². The highest BCUT2D eigenvalue weighted by Crippen LogP contribution is 2.22. The summed E-state index contributed by atoms with van der Waals surface area (Å²) in [5, 5.41) is 12.9. The number of fused-ring (bicyclic) bond motifs is 1. The SMILES string of the molecule is Cc1ccc(NC(=O)CSc2nc(C(=O)O)c3ccccc3n2)c(C)c1. The molecule has 0 spiro atoms. The van der Waals surface area contributed by atoms with E-state index in [0.717, 1.165) is 28.6 Å². The number of amides is 1. The Morgan fingerprint density at radius 1 is 1.12 bits per heavy atom. The number of nitrogens with one attached hydrogen (secondary N) is 1. The van der Waals surface area contributed by atoms with E-state index in [9.17, 15) is 14.7 Å². The van der Waals surface area contributed by atoms with Crippen LogP contribution in [0.3, 0.4) is 0 Å². The van der Waals surface area contributed by atoms with E-state index >= 15 is 0 Å². The fourth-order valence-electron chi connectivity index (χ4n) is 2.55. The molecule has 132 valence electrons. The monoisotopic (exact) mass is 367 g/mol. The number of carboxylic acids is 1. The van der Waals surface area contributed by atoms with Gasteiger partial charge in [0.2, 0.25) is 5.91 Å². The maximum absolute atomic E-state index is 12.2. The molecule has 2 aromatic carbocycles. The third kappa shape index (κ3) is 4.00. The smallest absolute Gasteiger partial charge is 0.355 e. The van der Waals surface area contributed by atoms with E-state index in [1.807, 2.05) is 32.0 Å². The van der Waals surface area contributed by atoms with Crippen LogP contribution in [0.1, 0.15) is 21.6 Å². The lowest BCUT2D eigenvalue weighted by Gasteiger charge is -2.09. The van der Waals surface area contributed by atoms with Crippen LogP contribution in [-0.2, 0) is 4.79 Å². The van der Waals surface area contributed by atoms with Gasteiger partial charge in [-0.25, -0.2) is 14.8 Å². The lowest BCUT2D eigenvalue weighted by molar-refractivity contribution is -0.113. The molecule has 0 radical (unpaired) electrons. The highest BCUT2D eigenvalue weighted by atomic mass is 32.2. The number of carbonyl (C=O) groups excluding carboxylic acids is 1. The van der Waals surface area contributed by atoms with Crippen LogP contribution in [-0.4, -0.2) is 32.7 Å². The third-order valence-electron chi connectivity index (χ3n) is 3.77. The highest BCUT2D eigenvalue weighted by molar-refractivity contribution is 7.99. The second kappa shape index (κ2) is 7.53. The maximum atomic E-state index is 12.2. The molecular weight excluding hydrogens is 350 g/mol. The van der Waals surface area contributed by atoms with Gasteiger partial charge in [0, 0.05) is 11.1 Å². The number of thioether (sulfide) groups is 1. The van der Waals surface area contributed by atoms with Gasteiger partial charge in [0.1, 0.15) is 0 Å². The summed E-state index contributed by atoms with van der Waals surface area (Å²) in [6, 6.07) is 12.7. The van der Waals surface area contributed by atoms with Gasteiger partial charge in [0.25, 0.3) is 0 Å². The summed E-state index contributed by atoms with van der Waals surface area (Å²) < 4.78 is 0. The van der Waals surface area contributed by atoms with E-state index in [2.05, 4.69) is 15.3 Å². The number of carboxylic acid groups (broad SMARTS) is 1. The number of aryl methyl sites for hydroxylation is 2. The Morgan fingerprint density at radius 2 is 1.88 bits per heavy atom. The fourth-order valence-corrected chi connectivity index (χ4v) is 3.20. The van der Waals surface area contributed by atoms with Crippen molar-refractivity contribution in [1.82, 2.24) is 9.97 Å². The van der Waals surface area contributed by atoms with Gasteiger partial charge >= 0.3 is 5.97 Å². The van der Waals surface area contributed by atoms with Crippen LogP contribution in [0, 0.1) is 13.8 Å². The van der Waals surface area contributed by atoms with E-state index in [0.29, 0.717) is 10.9 Å². The summed E-state index contributed by atoms with van der Waals surface area (Å²) in [5.74, 6) is -1.23. The first-order valence-corrected chi connectivity index (χ1v) is 8.92. The van der Waals surface area contributed by atoms with Crippen molar-refractivity contribution >= 4 is 40.2 Å². The molecule has 0 fully saturated rings. The Bertz CT molecular complexity index is 1000. The van der Waals surface area contributed by atoms with Gasteiger partial charge in [-0.15, -0.1) is 0 Å². The van der Waals surface area contributed by atoms with E-state index in [4.69, 9.17) is 0 Å². The Hall–Kier alpha value is -2.93. The quantitative estimate of drug-likeness (QED) is 0.528. The van der Waals surface area contributed by atoms with Crippen molar-refractivity contribution in [2.24, 2.45) is 0 Å². The maximum Gasteiger partial charge on any atom is 0.355 e. The minimum absolute atomic E-state index is 0.0621. The molecule has 0 aliphatic heterocycles. The Morgan fingerprint density at radius 3 is 2.62 bits per heavy atom. The van der Waals surface area contributed by atoms with E-state index in [1.165, 1.54) is 0 Å². The second-order valence-electron chi connectivity index (χ2n) is 5.83. The first-order chi connectivity index (χ1) is 12.4. The normalized spacial score (nSPS) is 10.7. The Balaban J connectivity index is 1.75. The molecule has 1 heterocycles. The molecule has 1 aromatic heterocycles. The molecule has 3 aromatic rings. The number of hydrogen-bond donors (Lipinski definition) is 2. The van der Waals surface area contributed by atoms with Crippen molar-refractivity contribution in [2.45, 2.75) is 19.0 Å². The van der Waals surface area contributed by atoms with Crippen LogP contribution in [0.5, 0.6) is 0 Å². The number of hydrogen-bond acceptors (Lipinski definition) is 5. The van der Waals surface area contributed by atoms with E-state index in [-0.39, 0.29) is 22.5 Å². The molecule has 0 unspecified atom stereocenters. The van der Waals surface area contributed by atoms with Gasteiger partial charge in [-0.05, 0) is 31.5 Å². The molecule has 1 amide bonds. The van der Waals surface area contributed by atoms with Crippen LogP contribution in [0.4, 0.5) is 5.69 Å². The average Bonchev–Trinajstić information content (AvgIpc) is 2.61. The summed E-state index contributed by atoms with van der Waals surface area (Å²) in [4.78, 5) is 32.0. The number of nitrogens with zero attached hydrogens (tertiary/aromatic N) is 2. The topological polar surface area (TPSA) is 92.2 Å². The fraction of sp³-hybridized carbons (Fsp3) is 0.158. The molecule has 0 aliphatic carbocycles. The molecular formula is C19H17N3O3S. The molecule has 2 N–H and O–H groups in total. The first kappa shape index (κ1) is 17.9. The van der Waals surface area contributed by atoms with Gasteiger partial charge in [0.05, 0.1) is 11.3 Å². The van der Waals surface area contributed by atoms with Crippen molar-refractivity contribution in [2.75, 3.05) is 11.1 Å². The summed E-state index contributed by atoms with van der Waals surface area (Å²) in [5.41, 5.74) is 3.34. The molecule has 0 bridgehead atoms. The number of rotatable bonds is 5. The number of carbonyl (C=O) groups is 2. The van der Waals surface area contributed by atoms with Crippen molar-refractivity contribution in [3.8, 4) is 0 Å². The molecule has 0 saturated heterocycles. The van der Waals surface area contributed by atoms with Gasteiger partial charge < -0.3 is 10.4 Å². The standard InChI is InChI=1S/C19H17N3O3S/c1-11-7-8-14(12(2)9-11)20-16(23)10-26-19-21-15-6-4-3-5-13(15)17(22-19)18(24)25/h3-9H,10H2,1-2H3,(H,20,23)(H,24,25). The summed E-state index contributed by atoms with van der Waals surface area (Å²) in [6.45, 7) is 3.92. The largest absolute Gasteiger partial charge is 0.476 e. The average molecular weight is 367 g/mol. The van der Waals surface area contributed by atoms with Crippen LogP contribution in [0.25, 0.3) is 10.9 Å². The minimum Gasteiger partial charge on any atom is -0.476 e. The van der Waals surface area contributed by atoms with Crippen LogP contribution in [0.15, 0.2) is 47.6 Å². The number of para-hydroxylation sites is 1. The lowest BCUT2D eigenvalue weighted by Crippen LogP contribution is -2.15. The Kier molecular flexibility index (Phi) is 5.18. The predicted molar refractivity (Wildman–Crippen MR) is 102 cm³/mol. The minimum atomic E-state index is -1.12. The zero-order valence-electron chi connectivity index (χ0n) is 14.3. The van der Waals surface area contributed by atoms with Crippen molar-refractivity contribution in [3.63, 3.8) is 0 Å². The number of aromatic nitrogens is 2. The summed E-state index contributed by atoms with van der Waals surface area (Å²) >= 11 is 1.11. The van der Waals surface area contributed by atoms with Gasteiger partial charge in [-0.1, -0.05) is 47.7 Å². The van der Waals surface area contributed by atoms with Gasteiger partial charge in [0.15, 0.2) is 10.9 Å². The van der Waals surface area contributed by atoms with E-state index < -0.39 is 5.97 Å². The Labute approximate surface area is 154 Å². The van der Waals surface area contributed by atoms with Crippen LogP contribution < -0.4 is 5.32 Å². The molecule has 3 rings (SSSR count). The van der Waals surface area contributed by atoms with Gasteiger partial charge in [-0.3, -0.25) is 4.79 Å². The lowest BCUT2D eigenvalue weighted by atomic mass is 10.1. The zero-order chi connectivity index (χ0) is 18.7.